The summed E-state index contributed by atoms with van der Waals surface area (Å²) in [4.78, 5) is 0. The normalized spacial score (nSPS) is 0. The maximum atomic E-state index is 0. The van der Waals surface area contributed by atoms with Crippen LogP contribution >= 0.6 is 0 Å². The smallest absolute Gasteiger partial charge is 1.00 e. The third-order valence-corrected chi connectivity index (χ3v) is 0. The summed E-state index contributed by atoms with van der Waals surface area (Å²) in [5.74, 6) is 0. The van der Waals surface area contributed by atoms with Crippen LogP contribution in [0, 0.1) is 0 Å². The molecule has 64 valence electrons. The average Bonchev–Trinajstić information content (AvgIpc) is 0. The first kappa shape index (κ1) is 309. The number of hydrogen-bond acceptors (Lipinski definition) is 0. The van der Waals surface area contributed by atoms with Crippen LogP contribution in [0.25, 0.3) is 36.9 Å². The number of rotatable bonds is 0. The minimum Gasteiger partial charge on any atom is -1.00 e. The number of halogens is 2. The van der Waals surface area contributed by atoms with Gasteiger partial charge in [-0.1, -0.05) is 0 Å². The van der Waals surface area contributed by atoms with Gasteiger partial charge in [-0.3, -0.25) is 0 Å². The fourth-order valence-corrected chi connectivity index (χ4v) is 0. The van der Waals surface area contributed by atoms with Crippen LogP contribution in [-0.2, 0) is 19.5 Å². The van der Waals surface area contributed by atoms with E-state index in [1.165, 1.54) is 0 Å². The Hall–Kier alpha value is 1.84. The summed E-state index contributed by atoms with van der Waals surface area (Å²) in [6.07, 6.45) is 0. The van der Waals surface area contributed by atoms with E-state index >= 15 is 0 Å². The predicted octanol–water partition coefficient (Wildman–Crippen LogP) is -1.69. The molecule has 0 aromatic rings. The molecule has 0 atom stereocenters. The summed E-state index contributed by atoms with van der Waals surface area (Å²) in [5, 5.41) is 0. The molecule has 0 unspecified atom stereocenters. The fourth-order valence-electron chi connectivity index (χ4n) is 0. The van der Waals surface area contributed by atoms with Gasteiger partial charge in [-0.15, -0.1) is 0 Å². The zero-order chi connectivity index (χ0) is 0. The molecule has 12 N–H and O–H groups in total. The van der Waals surface area contributed by atoms with Crippen LogP contribution in [0.1, 0.15) is 0 Å². The Kier molecular flexibility index (Phi) is 7780. The molecule has 9 heteroatoms. The van der Waals surface area contributed by atoms with Crippen molar-refractivity contribution in [3.05, 3.63) is 36.9 Å². The molecule has 0 heterocycles. The molecule has 9 heavy (non-hydrogen) atoms. The van der Waals surface area contributed by atoms with Gasteiger partial charge in [0, 0.05) is 0 Å². The van der Waals surface area contributed by atoms with Gasteiger partial charge in [-0.25, -0.2) is 0 Å². The van der Waals surface area contributed by atoms with Crippen molar-refractivity contribution in [1.82, 2.24) is 0 Å². The molecule has 0 saturated heterocycles. The van der Waals surface area contributed by atoms with Crippen LogP contribution in [0.15, 0.2) is 0 Å². The Morgan fingerprint density at radius 3 is 0.333 bits per heavy atom. The second-order valence-electron chi connectivity index (χ2n) is 0. The van der Waals surface area contributed by atoms with Gasteiger partial charge in [0.1, 0.15) is 0 Å². The summed E-state index contributed by atoms with van der Waals surface area (Å²) in [5.41, 5.74) is 0. The minimum absolute atomic E-state index is 0. The molecule has 0 aliphatic heterocycles. The van der Waals surface area contributed by atoms with Gasteiger partial charge in [-0.05, 0) is 0 Å². The summed E-state index contributed by atoms with van der Waals surface area (Å²) >= 11 is 0. The topological polar surface area (TPSA) is 201 Å². The van der Waals surface area contributed by atoms with Crippen molar-refractivity contribution in [3.63, 3.8) is 0 Å². The van der Waals surface area contributed by atoms with Crippen molar-refractivity contribution in [2.24, 2.45) is 0 Å². The molecule has 0 amide bonds. The van der Waals surface area contributed by atoms with Crippen LogP contribution in [0.4, 0.5) is 0 Å². The largest absolute Gasteiger partial charge is 8.00 e. The Morgan fingerprint density at radius 1 is 0.333 bits per heavy atom. The third-order valence-electron chi connectivity index (χ3n) is 0. The number of nitrogens with two attached hydrogens (primary N) is 6. The SMILES string of the molecule is [I-].[I-].[NH2-].[NH2-].[NH2-].[NH2-].[NH2-].[NH2-].[Ru+8]. The van der Waals surface area contributed by atoms with Crippen molar-refractivity contribution in [3.8, 4) is 0 Å². The van der Waals surface area contributed by atoms with E-state index in [4.69, 9.17) is 0 Å². The van der Waals surface area contributed by atoms with Crippen LogP contribution in [0.3, 0.4) is 0 Å². The van der Waals surface area contributed by atoms with Crippen molar-refractivity contribution in [1.29, 1.82) is 0 Å². The first-order chi connectivity index (χ1) is 0. The summed E-state index contributed by atoms with van der Waals surface area (Å²) in [7, 11) is 0. The number of hydrogen-bond donors (Lipinski definition) is 0. The third kappa shape index (κ3) is 178. The molecular weight excluding hydrogens is 439 g/mol. The maximum Gasteiger partial charge on any atom is 8.00 e. The van der Waals surface area contributed by atoms with Gasteiger partial charge in [0.15, 0.2) is 0 Å². The predicted molar refractivity (Wildman–Crippen MR) is 31.7 cm³/mol. The summed E-state index contributed by atoms with van der Waals surface area (Å²) in [6.45, 7) is 0. The first-order valence-electron chi connectivity index (χ1n) is 0. The first-order valence-corrected chi connectivity index (χ1v) is 0. The van der Waals surface area contributed by atoms with Gasteiger partial charge in [0.25, 0.3) is 0 Å². The molecule has 6 nitrogen and oxygen atoms in total. The van der Waals surface area contributed by atoms with E-state index in [1.54, 1.807) is 0 Å². The van der Waals surface area contributed by atoms with E-state index in [1.807, 2.05) is 0 Å². The molecule has 0 aromatic heterocycles. The van der Waals surface area contributed by atoms with Crippen molar-refractivity contribution < 1.29 is 67.4 Å². The molecule has 0 rings (SSSR count). The zero-order valence-electron chi connectivity index (χ0n) is 4.57. The van der Waals surface area contributed by atoms with Gasteiger partial charge in [-0.2, -0.15) is 0 Å². The van der Waals surface area contributed by atoms with Gasteiger partial charge >= 0.3 is 19.5 Å². The van der Waals surface area contributed by atoms with Crippen LogP contribution < -0.4 is 48.0 Å². The van der Waals surface area contributed by atoms with Gasteiger partial charge in [0.2, 0.25) is 0 Å². The minimum atomic E-state index is 0. The van der Waals surface area contributed by atoms with Crippen molar-refractivity contribution in [2.75, 3.05) is 0 Å². The van der Waals surface area contributed by atoms with Crippen LogP contribution in [0.5, 0.6) is 0 Å². The molecular formula is H12I2N6Ru. The van der Waals surface area contributed by atoms with E-state index in [9.17, 15) is 0 Å². The van der Waals surface area contributed by atoms with Crippen LogP contribution in [0.2, 0.25) is 0 Å². The zero-order valence-corrected chi connectivity index (χ0v) is 10.6. The molecule has 0 radical (unpaired) electrons. The van der Waals surface area contributed by atoms with Crippen molar-refractivity contribution in [2.45, 2.75) is 0 Å². The fraction of sp³-hybridized carbons (Fsp3) is 0. The Balaban J connectivity index is 0. The summed E-state index contributed by atoms with van der Waals surface area (Å²) in [6, 6.07) is 0. The molecule has 0 aliphatic rings. The van der Waals surface area contributed by atoms with Crippen molar-refractivity contribution >= 4 is 0 Å². The average molecular weight is 451 g/mol. The standard InChI is InChI=1S/2HI.6H2N.Ru/h2*1H;6*1H2;/q;;6*-1;+8/p-2. The Morgan fingerprint density at radius 2 is 0.333 bits per heavy atom. The molecule has 0 saturated carbocycles. The quantitative estimate of drug-likeness (QED) is 0.299. The van der Waals surface area contributed by atoms with E-state index in [2.05, 4.69) is 0 Å². The molecule has 0 fully saturated rings. The van der Waals surface area contributed by atoms with Gasteiger partial charge < -0.3 is 84.9 Å². The van der Waals surface area contributed by atoms with E-state index in [-0.39, 0.29) is 104 Å². The summed E-state index contributed by atoms with van der Waals surface area (Å²) < 4.78 is 0. The molecule has 0 bridgehead atoms. The van der Waals surface area contributed by atoms with Gasteiger partial charge in [0.05, 0.1) is 0 Å². The van der Waals surface area contributed by atoms with E-state index < -0.39 is 0 Å². The van der Waals surface area contributed by atoms with E-state index in [0.717, 1.165) is 0 Å². The second kappa shape index (κ2) is 227. The van der Waals surface area contributed by atoms with E-state index in [0.29, 0.717) is 0 Å². The molecule has 0 aromatic carbocycles. The second-order valence-corrected chi connectivity index (χ2v) is 0. The van der Waals surface area contributed by atoms with Crippen LogP contribution in [-0.4, -0.2) is 0 Å². The maximum absolute atomic E-state index is 0. The molecule has 0 aliphatic carbocycles. The Labute approximate surface area is 103 Å². The molecule has 0 spiro atoms. The Bertz CT molecular complexity index is 11.0. The monoisotopic (exact) mass is 452 g/mol.